The van der Waals surface area contributed by atoms with E-state index in [-0.39, 0.29) is 17.9 Å². The summed E-state index contributed by atoms with van der Waals surface area (Å²) in [6, 6.07) is 7.55. The van der Waals surface area contributed by atoms with E-state index in [2.05, 4.69) is 5.32 Å². The first-order valence-electron chi connectivity index (χ1n) is 11.4. The molecule has 0 spiro atoms. The molecule has 0 radical (unpaired) electrons. The van der Waals surface area contributed by atoms with Gasteiger partial charge < -0.3 is 15.0 Å². The Balaban J connectivity index is 2.05. The summed E-state index contributed by atoms with van der Waals surface area (Å²) < 4.78 is 14.9. The van der Waals surface area contributed by atoms with Gasteiger partial charge in [0.2, 0.25) is 0 Å². The second kappa shape index (κ2) is 10.1. The highest BCUT2D eigenvalue weighted by Gasteiger charge is 2.41. The molecule has 6 nitrogen and oxygen atoms in total. The van der Waals surface area contributed by atoms with Crippen LogP contribution in [-0.4, -0.2) is 27.1 Å². The van der Waals surface area contributed by atoms with Crippen LogP contribution in [0.15, 0.2) is 35.1 Å². The number of carboxylic acids is 1. The zero-order chi connectivity index (χ0) is 23.3. The van der Waals surface area contributed by atoms with E-state index < -0.39 is 23.0 Å². The number of aryl methyl sites for hydroxylation is 1. The number of hydrogen-bond acceptors (Lipinski definition) is 3. The van der Waals surface area contributed by atoms with Crippen molar-refractivity contribution in [3.05, 3.63) is 68.9 Å². The quantitative estimate of drug-likeness (QED) is 0.645. The van der Waals surface area contributed by atoms with Crippen LogP contribution in [0.4, 0.5) is 4.39 Å². The molecule has 0 atom stereocenters. The Morgan fingerprint density at radius 3 is 2.34 bits per heavy atom. The lowest BCUT2D eigenvalue weighted by Crippen LogP contribution is -2.56. The Labute approximate surface area is 187 Å². The van der Waals surface area contributed by atoms with E-state index in [0.717, 1.165) is 42.5 Å². The van der Waals surface area contributed by atoms with Crippen molar-refractivity contribution >= 4 is 11.9 Å². The number of hydrogen-bond donors (Lipinski definition) is 2. The monoisotopic (exact) mass is 442 g/mol. The summed E-state index contributed by atoms with van der Waals surface area (Å²) in [7, 11) is 0. The molecule has 1 saturated carbocycles. The van der Waals surface area contributed by atoms with Crippen molar-refractivity contribution < 1.29 is 19.1 Å². The topological polar surface area (TPSA) is 88.4 Å². The van der Waals surface area contributed by atoms with Crippen molar-refractivity contribution in [1.29, 1.82) is 0 Å². The van der Waals surface area contributed by atoms with Crippen molar-refractivity contribution in [3.63, 3.8) is 0 Å². The molecule has 1 aromatic heterocycles. The number of rotatable bonds is 8. The van der Waals surface area contributed by atoms with Crippen molar-refractivity contribution in [2.75, 3.05) is 0 Å². The van der Waals surface area contributed by atoms with Gasteiger partial charge in [-0.25, -0.2) is 9.18 Å². The highest BCUT2D eigenvalue weighted by atomic mass is 19.1. The maximum atomic E-state index is 13.4. The first-order chi connectivity index (χ1) is 15.3. The van der Waals surface area contributed by atoms with Gasteiger partial charge in [0.1, 0.15) is 16.9 Å². The molecule has 2 aromatic rings. The van der Waals surface area contributed by atoms with Crippen LogP contribution in [0.3, 0.4) is 0 Å². The number of aromatic nitrogens is 1. The molecule has 3 rings (SSSR count). The molecule has 1 aliphatic rings. The number of amides is 1. The van der Waals surface area contributed by atoms with Crippen LogP contribution >= 0.6 is 0 Å². The van der Waals surface area contributed by atoms with Gasteiger partial charge in [0.15, 0.2) is 0 Å². The molecule has 2 N–H and O–H groups in total. The van der Waals surface area contributed by atoms with Gasteiger partial charge in [-0.05, 0) is 55.0 Å². The summed E-state index contributed by atoms with van der Waals surface area (Å²) in [4.78, 5) is 38.6. The number of nitrogens with zero attached hydrogens (tertiary/aromatic N) is 1. The van der Waals surface area contributed by atoms with Gasteiger partial charge in [-0.1, -0.05) is 51.7 Å². The summed E-state index contributed by atoms with van der Waals surface area (Å²) in [5.74, 6) is -2.07. The van der Waals surface area contributed by atoms with Crippen molar-refractivity contribution in [2.45, 2.75) is 77.3 Å². The van der Waals surface area contributed by atoms with Gasteiger partial charge in [-0.3, -0.25) is 9.59 Å². The average molecular weight is 443 g/mol. The first kappa shape index (κ1) is 23.7. The first-order valence-corrected chi connectivity index (χ1v) is 11.4. The maximum Gasteiger partial charge on any atom is 0.329 e. The van der Waals surface area contributed by atoms with Crippen LogP contribution in [0, 0.1) is 5.82 Å². The fourth-order valence-corrected chi connectivity index (χ4v) is 4.53. The third-order valence-corrected chi connectivity index (χ3v) is 6.33. The van der Waals surface area contributed by atoms with Crippen LogP contribution in [-0.2, 0) is 24.2 Å². The lowest BCUT2D eigenvalue weighted by molar-refractivity contribution is -0.145. The number of carbonyl (C=O) groups excluding carboxylic acids is 1. The number of aliphatic carboxylic acids is 1. The fraction of sp³-hybridized carbons (Fsp3) is 0.480. The molecule has 1 fully saturated rings. The molecule has 32 heavy (non-hydrogen) atoms. The smallest absolute Gasteiger partial charge is 0.329 e. The fourth-order valence-electron chi connectivity index (χ4n) is 4.53. The van der Waals surface area contributed by atoms with Crippen LogP contribution < -0.4 is 10.9 Å². The summed E-state index contributed by atoms with van der Waals surface area (Å²) in [5.41, 5.74) is 0.648. The van der Waals surface area contributed by atoms with E-state index in [1.165, 1.54) is 12.1 Å². The molecule has 0 bridgehead atoms. The predicted octanol–water partition coefficient (Wildman–Crippen LogP) is 4.07. The normalized spacial score (nSPS) is 15.3. The number of pyridine rings is 1. The molecule has 1 amide bonds. The number of benzene rings is 1. The van der Waals surface area contributed by atoms with E-state index >= 15 is 0 Å². The Hall–Kier alpha value is -2.96. The zero-order valence-electron chi connectivity index (χ0n) is 18.7. The number of nitrogens with one attached hydrogen (secondary N) is 1. The third kappa shape index (κ3) is 4.92. The zero-order valence-corrected chi connectivity index (χ0v) is 18.7. The van der Waals surface area contributed by atoms with E-state index in [4.69, 9.17) is 0 Å². The molecule has 0 aliphatic heterocycles. The van der Waals surface area contributed by atoms with Crippen LogP contribution in [0.1, 0.15) is 79.6 Å². The molecular weight excluding hydrogens is 411 g/mol. The molecule has 172 valence electrons. The molecule has 7 heteroatoms. The molecule has 1 aliphatic carbocycles. The van der Waals surface area contributed by atoms with Gasteiger partial charge in [-0.15, -0.1) is 0 Å². The van der Waals surface area contributed by atoms with Crippen molar-refractivity contribution in [1.82, 2.24) is 9.88 Å². The summed E-state index contributed by atoms with van der Waals surface area (Å²) in [6.07, 6.45) is 5.20. The molecule has 0 unspecified atom stereocenters. The highest BCUT2D eigenvalue weighted by Crippen LogP contribution is 2.29. The minimum absolute atomic E-state index is 0.0463. The van der Waals surface area contributed by atoms with E-state index in [1.807, 2.05) is 13.8 Å². The summed E-state index contributed by atoms with van der Waals surface area (Å²) in [5, 5.41) is 12.5. The Kier molecular flexibility index (Phi) is 7.48. The van der Waals surface area contributed by atoms with Crippen LogP contribution in [0.25, 0.3) is 0 Å². The number of carboxylic acid groups (broad SMARTS) is 1. The predicted molar refractivity (Wildman–Crippen MR) is 120 cm³/mol. The van der Waals surface area contributed by atoms with Gasteiger partial charge in [-0.2, -0.15) is 0 Å². The minimum Gasteiger partial charge on any atom is -0.480 e. The second-order valence-electron chi connectivity index (χ2n) is 8.55. The molecule has 1 heterocycles. The van der Waals surface area contributed by atoms with Gasteiger partial charge >= 0.3 is 5.97 Å². The Morgan fingerprint density at radius 1 is 1.12 bits per heavy atom. The van der Waals surface area contributed by atoms with Crippen LogP contribution in [0.2, 0.25) is 0 Å². The number of carbonyl (C=O) groups is 2. The van der Waals surface area contributed by atoms with Gasteiger partial charge in [0, 0.05) is 5.69 Å². The minimum atomic E-state index is -1.34. The molecule has 0 saturated heterocycles. The number of halogens is 1. The molecular formula is C25H31FN2O4. The Morgan fingerprint density at radius 2 is 1.78 bits per heavy atom. The Bertz CT molecular complexity index is 1040. The summed E-state index contributed by atoms with van der Waals surface area (Å²) in [6.45, 7) is 4.20. The van der Waals surface area contributed by atoms with Gasteiger partial charge in [0.05, 0.1) is 6.54 Å². The SMILES string of the molecule is CCCc1c(CC)cc(C(=O)NC2(C(=O)O)CCCCC2)c(=O)n1Cc1ccc(F)cc1. The van der Waals surface area contributed by atoms with Crippen molar-refractivity contribution in [2.24, 2.45) is 0 Å². The average Bonchev–Trinajstić information content (AvgIpc) is 2.78. The lowest BCUT2D eigenvalue weighted by Gasteiger charge is -2.34. The molecule has 1 aromatic carbocycles. The van der Waals surface area contributed by atoms with E-state index in [9.17, 15) is 23.9 Å². The van der Waals surface area contributed by atoms with E-state index in [0.29, 0.717) is 25.7 Å². The second-order valence-corrected chi connectivity index (χ2v) is 8.55. The van der Waals surface area contributed by atoms with Gasteiger partial charge in [0.25, 0.3) is 11.5 Å². The maximum absolute atomic E-state index is 13.4. The largest absolute Gasteiger partial charge is 0.480 e. The third-order valence-electron chi connectivity index (χ3n) is 6.33. The summed E-state index contributed by atoms with van der Waals surface area (Å²) >= 11 is 0. The van der Waals surface area contributed by atoms with Crippen LogP contribution in [0.5, 0.6) is 0 Å². The highest BCUT2D eigenvalue weighted by molar-refractivity contribution is 5.97. The standard InChI is InChI=1S/C25H31FN2O4/c1-3-8-21-18(4-2)15-20(22(29)27-25(24(31)32)13-6-5-7-14-25)23(30)28(21)16-17-9-11-19(26)12-10-17/h9-12,15H,3-8,13-14,16H2,1-2H3,(H,27,29)(H,31,32). The van der Waals surface area contributed by atoms with E-state index in [1.54, 1.807) is 22.8 Å². The van der Waals surface area contributed by atoms with Crippen molar-refractivity contribution in [3.8, 4) is 0 Å². The lowest BCUT2D eigenvalue weighted by atomic mass is 9.81.